The maximum absolute atomic E-state index is 8.93. The van der Waals surface area contributed by atoms with E-state index in [-0.39, 0.29) is 5.41 Å². The van der Waals surface area contributed by atoms with Gasteiger partial charge >= 0.3 is 0 Å². The van der Waals surface area contributed by atoms with E-state index in [1.807, 2.05) is 0 Å². The average molecular weight is 295 g/mol. The second kappa shape index (κ2) is 5.01. The molecule has 0 aliphatic heterocycles. The van der Waals surface area contributed by atoms with Crippen LogP contribution in [0.1, 0.15) is 32.0 Å². The van der Waals surface area contributed by atoms with Gasteiger partial charge in [-0.15, -0.1) is 11.3 Å². The monoisotopic (exact) mass is 295 g/mol. The lowest BCUT2D eigenvalue weighted by Gasteiger charge is -2.19. The minimum absolute atomic E-state index is 0.156. The maximum Gasteiger partial charge on any atom is 0.194 e. The van der Waals surface area contributed by atoms with Crippen molar-refractivity contribution in [2.24, 2.45) is 0 Å². The summed E-state index contributed by atoms with van der Waals surface area (Å²) in [6, 6.07) is 10.9. The van der Waals surface area contributed by atoms with Gasteiger partial charge in [-0.25, -0.2) is 4.98 Å². The third-order valence-corrected chi connectivity index (χ3v) is 4.47. The third kappa shape index (κ3) is 2.45. The van der Waals surface area contributed by atoms with Crippen LogP contribution in [0.5, 0.6) is 0 Å². The van der Waals surface area contributed by atoms with Crippen LogP contribution in [0, 0.1) is 11.3 Å². The van der Waals surface area contributed by atoms with Crippen molar-refractivity contribution in [1.82, 2.24) is 9.38 Å². The normalized spacial score (nSPS) is 11.7. The lowest BCUT2D eigenvalue weighted by atomic mass is 9.86. The number of aromatic nitrogens is 2. The molecule has 0 spiro atoms. The van der Waals surface area contributed by atoms with Gasteiger partial charge in [0.1, 0.15) is 0 Å². The fourth-order valence-electron chi connectivity index (χ4n) is 2.41. The van der Waals surface area contributed by atoms with Crippen LogP contribution in [0.2, 0.25) is 0 Å². The predicted octanol–water partition coefficient (Wildman–Crippen LogP) is 4.43. The molecule has 0 bridgehead atoms. The molecule has 0 aliphatic rings. The highest BCUT2D eigenvalue weighted by atomic mass is 32.1. The molecule has 0 amide bonds. The summed E-state index contributed by atoms with van der Waals surface area (Å²) in [5, 5.41) is 11.0. The van der Waals surface area contributed by atoms with Crippen LogP contribution in [-0.2, 0) is 11.8 Å². The largest absolute Gasteiger partial charge is 0.286 e. The number of benzene rings is 1. The first-order chi connectivity index (χ1) is 10.0. The predicted molar refractivity (Wildman–Crippen MR) is 86.5 cm³/mol. The van der Waals surface area contributed by atoms with Gasteiger partial charge < -0.3 is 0 Å². The molecular formula is C17H17N3S. The van der Waals surface area contributed by atoms with E-state index in [4.69, 9.17) is 5.26 Å². The zero-order chi connectivity index (χ0) is 15.0. The standard InChI is InChI=1S/C17H17N3S/c1-17(2,3)13-6-4-12(5-7-13)15-11-21-16-19-10-14(8-9-18)20(15)16/h4-7,10-11H,8H2,1-3H3. The summed E-state index contributed by atoms with van der Waals surface area (Å²) >= 11 is 1.61. The van der Waals surface area contributed by atoms with Gasteiger partial charge in [0, 0.05) is 5.38 Å². The summed E-state index contributed by atoms with van der Waals surface area (Å²) in [4.78, 5) is 5.31. The molecule has 0 radical (unpaired) electrons. The quantitative estimate of drug-likeness (QED) is 0.702. The Kier molecular flexibility index (Phi) is 3.30. The van der Waals surface area contributed by atoms with Gasteiger partial charge in [0.05, 0.1) is 30.1 Å². The van der Waals surface area contributed by atoms with Crippen molar-refractivity contribution in [2.75, 3.05) is 0 Å². The number of hydrogen-bond acceptors (Lipinski definition) is 3. The number of nitrogens with zero attached hydrogens (tertiary/aromatic N) is 3. The van der Waals surface area contributed by atoms with E-state index in [9.17, 15) is 0 Å². The molecule has 0 atom stereocenters. The Balaban J connectivity index is 2.08. The number of thiazole rings is 1. The fraction of sp³-hybridized carbons (Fsp3) is 0.294. The number of hydrogen-bond donors (Lipinski definition) is 0. The van der Waals surface area contributed by atoms with E-state index in [1.54, 1.807) is 17.5 Å². The van der Waals surface area contributed by atoms with E-state index < -0.39 is 0 Å². The minimum Gasteiger partial charge on any atom is -0.286 e. The molecule has 4 heteroatoms. The average Bonchev–Trinajstić information content (AvgIpc) is 3.01. The Morgan fingerprint density at radius 2 is 1.95 bits per heavy atom. The Labute approximate surface area is 128 Å². The molecule has 2 aromatic heterocycles. The second-order valence-corrected chi connectivity index (χ2v) is 6.99. The molecule has 2 heterocycles. The Morgan fingerprint density at radius 3 is 2.57 bits per heavy atom. The zero-order valence-electron chi connectivity index (χ0n) is 12.4. The van der Waals surface area contributed by atoms with Gasteiger partial charge in [-0.1, -0.05) is 45.0 Å². The summed E-state index contributed by atoms with van der Waals surface area (Å²) in [5.41, 5.74) is 4.69. The maximum atomic E-state index is 8.93. The van der Waals surface area contributed by atoms with Crippen LogP contribution in [-0.4, -0.2) is 9.38 Å². The molecule has 0 fully saturated rings. The first kappa shape index (κ1) is 13.8. The van der Waals surface area contributed by atoms with Crippen LogP contribution < -0.4 is 0 Å². The summed E-state index contributed by atoms with van der Waals surface area (Å²) in [7, 11) is 0. The van der Waals surface area contributed by atoms with E-state index in [0.29, 0.717) is 6.42 Å². The highest BCUT2D eigenvalue weighted by Gasteiger charge is 2.15. The summed E-state index contributed by atoms with van der Waals surface area (Å²) in [6.07, 6.45) is 2.17. The van der Waals surface area contributed by atoms with Gasteiger partial charge in [-0.3, -0.25) is 4.40 Å². The molecule has 0 aliphatic carbocycles. The first-order valence-corrected chi connectivity index (χ1v) is 7.80. The molecule has 3 nitrogen and oxygen atoms in total. The molecule has 0 unspecified atom stereocenters. The van der Waals surface area contributed by atoms with Crippen molar-refractivity contribution < 1.29 is 0 Å². The van der Waals surface area contributed by atoms with Gasteiger partial charge in [0.25, 0.3) is 0 Å². The van der Waals surface area contributed by atoms with E-state index >= 15 is 0 Å². The van der Waals surface area contributed by atoms with Gasteiger partial charge in [0.2, 0.25) is 0 Å². The van der Waals surface area contributed by atoms with E-state index in [2.05, 4.69) is 65.9 Å². The number of nitriles is 1. The molecule has 3 aromatic rings. The zero-order valence-corrected chi connectivity index (χ0v) is 13.2. The van der Waals surface area contributed by atoms with Crippen molar-refractivity contribution in [3.8, 4) is 17.3 Å². The molecule has 0 saturated heterocycles. The van der Waals surface area contributed by atoms with E-state index in [1.165, 1.54) is 5.56 Å². The van der Waals surface area contributed by atoms with Gasteiger partial charge in [0.15, 0.2) is 4.96 Å². The molecule has 106 valence electrons. The SMILES string of the molecule is CC(C)(C)c1ccc(-c2csc3ncc(CC#N)n23)cc1. The van der Waals surface area contributed by atoms with Crippen LogP contribution in [0.4, 0.5) is 0 Å². The number of rotatable bonds is 2. The fourth-order valence-corrected chi connectivity index (χ4v) is 3.31. The van der Waals surface area contributed by atoms with Crippen molar-refractivity contribution in [2.45, 2.75) is 32.6 Å². The van der Waals surface area contributed by atoms with Gasteiger partial charge in [-0.05, 0) is 16.5 Å². The molecule has 0 saturated carbocycles. The molecule has 3 rings (SSSR count). The van der Waals surface area contributed by atoms with Crippen molar-refractivity contribution in [3.63, 3.8) is 0 Å². The molecule has 1 aromatic carbocycles. The van der Waals surface area contributed by atoms with Crippen LogP contribution in [0.25, 0.3) is 16.2 Å². The molecule has 21 heavy (non-hydrogen) atoms. The summed E-state index contributed by atoms with van der Waals surface area (Å²) < 4.78 is 2.08. The molecule has 0 N–H and O–H groups in total. The van der Waals surface area contributed by atoms with Crippen molar-refractivity contribution in [1.29, 1.82) is 5.26 Å². The highest BCUT2D eigenvalue weighted by Crippen LogP contribution is 2.30. The smallest absolute Gasteiger partial charge is 0.194 e. The van der Waals surface area contributed by atoms with Crippen LogP contribution in [0.3, 0.4) is 0 Å². The Hall–Kier alpha value is -2.12. The lowest BCUT2D eigenvalue weighted by molar-refractivity contribution is 0.590. The van der Waals surface area contributed by atoms with E-state index in [0.717, 1.165) is 21.9 Å². The molecular weight excluding hydrogens is 278 g/mol. The minimum atomic E-state index is 0.156. The third-order valence-electron chi connectivity index (χ3n) is 3.63. The lowest BCUT2D eigenvalue weighted by Crippen LogP contribution is -2.10. The van der Waals surface area contributed by atoms with Gasteiger partial charge in [-0.2, -0.15) is 5.26 Å². The second-order valence-electron chi connectivity index (χ2n) is 6.15. The topological polar surface area (TPSA) is 41.1 Å². The summed E-state index contributed by atoms with van der Waals surface area (Å²) in [6.45, 7) is 6.64. The number of imidazole rings is 1. The first-order valence-electron chi connectivity index (χ1n) is 6.92. The Bertz CT molecular complexity index is 810. The highest BCUT2D eigenvalue weighted by molar-refractivity contribution is 7.15. The summed E-state index contributed by atoms with van der Waals surface area (Å²) in [5.74, 6) is 0. The number of fused-ring (bicyclic) bond motifs is 1. The van der Waals surface area contributed by atoms with Crippen LogP contribution in [0.15, 0.2) is 35.8 Å². The van der Waals surface area contributed by atoms with Crippen molar-refractivity contribution >= 4 is 16.3 Å². The van der Waals surface area contributed by atoms with Crippen molar-refractivity contribution in [3.05, 3.63) is 47.1 Å². The van der Waals surface area contributed by atoms with Crippen LogP contribution >= 0.6 is 11.3 Å². The Morgan fingerprint density at radius 1 is 1.24 bits per heavy atom.